The fraction of sp³-hybridized carbons (Fsp3) is 0.600. The van der Waals surface area contributed by atoms with E-state index in [1.54, 1.807) is 0 Å². The van der Waals surface area contributed by atoms with Crippen molar-refractivity contribution in [1.29, 1.82) is 0 Å². The van der Waals surface area contributed by atoms with Crippen molar-refractivity contribution in [3.8, 4) is 0 Å². The normalized spacial score (nSPS) is 26.7. The number of carbonyl (C=O) groups excluding carboxylic acids is 1. The van der Waals surface area contributed by atoms with Crippen molar-refractivity contribution >= 4 is 19.0 Å². The maximum atomic E-state index is 13.4. The summed E-state index contributed by atoms with van der Waals surface area (Å²) >= 11 is 0. The van der Waals surface area contributed by atoms with Gasteiger partial charge in [0.25, 0.3) is 0 Å². The molecule has 2 aliphatic heterocycles. The molecule has 0 saturated carbocycles. The molecule has 6 N–H and O–H groups in total. The van der Waals surface area contributed by atoms with Crippen LogP contribution < -0.4 is 16.0 Å². The summed E-state index contributed by atoms with van der Waals surface area (Å²) in [5.41, 5.74) is 0.0184. The number of hydrogen-bond acceptors (Lipinski definition) is 6. The lowest BCUT2D eigenvalue weighted by Gasteiger charge is -2.35. The molecule has 1 unspecified atom stereocenters. The largest absolute Gasteiger partial charge is 0.480 e. The van der Waals surface area contributed by atoms with E-state index in [4.69, 9.17) is 10.0 Å². The Morgan fingerprint density at radius 2 is 2.00 bits per heavy atom. The number of nitrogens with one attached hydrogen (secondary N) is 3. The minimum absolute atomic E-state index is 0.0905. The van der Waals surface area contributed by atoms with Gasteiger partial charge in [0, 0.05) is 24.9 Å². The van der Waals surface area contributed by atoms with Gasteiger partial charge in [0.05, 0.1) is 0 Å². The van der Waals surface area contributed by atoms with Crippen molar-refractivity contribution in [2.45, 2.75) is 56.0 Å². The topological polar surface area (TPSA) is 131 Å². The van der Waals surface area contributed by atoms with Gasteiger partial charge < -0.3 is 31.1 Å². The fourth-order valence-electron chi connectivity index (χ4n) is 4.70. The molecule has 0 spiro atoms. The molecule has 0 aromatic heterocycles. The molecule has 2 saturated heterocycles. The van der Waals surface area contributed by atoms with E-state index >= 15 is 0 Å². The molecule has 158 valence electrons. The molecule has 3 rings (SSSR count). The smallest absolute Gasteiger partial charge is 0.451 e. The summed E-state index contributed by atoms with van der Waals surface area (Å²) in [6, 6.07) is 8.45. The first-order valence-corrected chi connectivity index (χ1v) is 10.3. The van der Waals surface area contributed by atoms with E-state index in [0.717, 1.165) is 18.5 Å². The molecule has 8 nitrogen and oxygen atoms in total. The molecule has 29 heavy (non-hydrogen) atoms. The molecule has 0 bridgehead atoms. The molecular formula is C20H30BN3O5. The third kappa shape index (κ3) is 5.16. The summed E-state index contributed by atoms with van der Waals surface area (Å²) in [7, 11) is -1.35. The molecule has 2 aliphatic rings. The van der Waals surface area contributed by atoms with Crippen LogP contribution in [-0.2, 0) is 16.0 Å². The lowest BCUT2D eigenvalue weighted by Crippen LogP contribution is -2.60. The van der Waals surface area contributed by atoms with Crippen LogP contribution in [0.5, 0.6) is 0 Å². The fourth-order valence-corrected chi connectivity index (χ4v) is 4.70. The number of benzene rings is 1. The first-order valence-electron chi connectivity index (χ1n) is 10.3. The number of rotatable bonds is 10. The van der Waals surface area contributed by atoms with Gasteiger partial charge in [-0.1, -0.05) is 43.2 Å². The first-order chi connectivity index (χ1) is 13.9. The van der Waals surface area contributed by atoms with Crippen molar-refractivity contribution < 1.29 is 24.7 Å². The molecular weight excluding hydrogens is 373 g/mol. The zero-order valence-electron chi connectivity index (χ0n) is 16.5. The van der Waals surface area contributed by atoms with Gasteiger partial charge in [-0.25, -0.2) is 4.79 Å². The van der Waals surface area contributed by atoms with Crippen LogP contribution in [0.3, 0.4) is 0 Å². The van der Waals surface area contributed by atoms with Crippen molar-refractivity contribution in [2.75, 3.05) is 13.1 Å². The van der Waals surface area contributed by atoms with Crippen LogP contribution >= 0.6 is 0 Å². The summed E-state index contributed by atoms with van der Waals surface area (Å²) in [5.74, 6) is -1.24. The highest BCUT2D eigenvalue weighted by Crippen LogP contribution is 2.37. The summed E-state index contributed by atoms with van der Waals surface area (Å²) in [6.45, 7) is 1.50. The van der Waals surface area contributed by atoms with Gasteiger partial charge in [0.1, 0.15) is 11.6 Å². The SMILES string of the molecule is O=C(O)C(Cc1ccccc1)NC(=O)[C@]1(CCCCB(O)O)NC[C@@H]2NCC[C@@H]21. The Hall–Kier alpha value is -1.94. The predicted molar refractivity (Wildman–Crippen MR) is 109 cm³/mol. The van der Waals surface area contributed by atoms with Crippen LogP contribution in [0.25, 0.3) is 0 Å². The van der Waals surface area contributed by atoms with Gasteiger partial charge in [-0.3, -0.25) is 4.79 Å². The van der Waals surface area contributed by atoms with Gasteiger partial charge in [-0.2, -0.15) is 0 Å². The maximum absolute atomic E-state index is 13.4. The van der Waals surface area contributed by atoms with E-state index in [0.29, 0.717) is 25.8 Å². The second-order valence-corrected chi connectivity index (χ2v) is 8.09. The molecule has 0 radical (unpaired) electrons. The molecule has 1 aromatic carbocycles. The molecule has 1 aromatic rings. The number of carbonyl (C=O) groups is 2. The first kappa shape index (κ1) is 21.8. The second-order valence-electron chi connectivity index (χ2n) is 8.09. The highest BCUT2D eigenvalue weighted by molar-refractivity contribution is 6.40. The minimum atomic E-state index is -1.35. The van der Waals surface area contributed by atoms with Crippen molar-refractivity contribution in [1.82, 2.24) is 16.0 Å². The van der Waals surface area contributed by atoms with Crippen LogP contribution in [0.1, 0.15) is 31.2 Å². The molecule has 4 atom stereocenters. The van der Waals surface area contributed by atoms with Crippen molar-refractivity contribution in [3.05, 3.63) is 35.9 Å². The molecule has 9 heteroatoms. The molecule has 0 aliphatic carbocycles. The zero-order valence-corrected chi connectivity index (χ0v) is 16.5. The lowest BCUT2D eigenvalue weighted by molar-refractivity contribution is -0.143. The quantitative estimate of drug-likeness (QED) is 0.235. The van der Waals surface area contributed by atoms with Gasteiger partial charge in [-0.05, 0) is 31.3 Å². The number of amides is 1. The standard InChI is InChI=1S/C20H30BN3O5/c25-18(26)16(12-14-6-2-1-3-7-14)24-19(27)20(9-4-5-10-21(28)29)15-8-11-22-17(15)13-23-20/h1-3,6-7,15-17,22-23,28-29H,4-5,8-13H2,(H,24,27)(H,25,26)/t15-,16?,17-,20+/m0/s1. The summed E-state index contributed by atoms with van der Waals surface area (Å²) < 4.78 is 0. The summed E-state index contributed by atoms with van der Waals surface area (Å²) in [5, 5.41) is 37.4. The van der Waals surface area contributed by atoms with Crippen LogP contribution in [0.15, 0.2) is 30.3 Å². The van der Waals surface area contributed by atoms with Crippen LogP contribution in [0.2, 0.25) is 6.32 Å². The number of hydrogen-bond donors (Lipinski definition) is 6. The van der Waals surface area contributed by atoms with E-state index in [1.807, 2.05) is 30.3 Å². The number of carboxylic acids is 1. The molecule has 1 amide bonds. The summed E-state index contributed by atoms with van der Waals surface area (Å²) in [6.07, 6.45) is 3.11. The van der Waals surface area contributed by atoms with Gasteiger partial charge >= 0.3 is 13.1 Å². The van der Waals surface area contributed by atoms with E-state index in [2.05, 4.69) is 16.0 Å². The monoisotopic (exact) mass is 403 g/mol. The maximum Gasteiger partial charge on any atom is 0.451 e. The lowest BCUT2D eigenvalue weighted by atomic mass is 9.76. The Balaban J connectivity index is 1.72. The van der Waals surface area contributed by atoms with Crippen LogP contribution in [0, 0.1) is 5.92 Å². The van der Waals surface area contributed by atoms with Crippen LogP contribution in [0.4, 0.5) is 0 Å². The number of unbranched alkanes of at least 4 members (excludes halogenated alkanes) is 1. The van der Waals surface area contributed by atoms with Crippen molar-refractivity contribution in [2.24, 2.45) is 5.92 Å². The summed E-state index contributed by atoms with van der Waals surface area (Å²) in [4.78, 5) is 25.2. The molecule has 2 heterocycles. The van der Waals surface area contributed by atoms with Crippen molar-refractivity contribution in [3.63, 3.8) is 0 Å². The number of fused-ring (bicyclic) bond motifs is 1. The van der Waals surface area contributed by atoms with Crippen LogP contribution in [-0.4, -0.2) is 64.9 Å². The second kappa shape index (κ2) is 9.71. The Morgan fingerprint density at radius 3 is 2.69 bits per heavy atom. The van der Waals surface area contributed by atoms with Gasteiger partial charge in [0.15, 0.2) is 0 Å². The number of carboxylic acid groups (broad SMARTS) is 1. The predicted octanol–water partition coefficient (Wildman–Crippen LogP) is -0.238. The zero-order chi connectivity index (χ0) is 20.9. The molecule has 2 fully saturated rings. The van der Waals surface area contributed by atoms with E-state index in [1.165, 1.54) is 0 Å². The average Bonchev–Trinajstić information content (AvgIpc) is 3.29. The van der Waals surface area contributed by atoms with E-state index in [-0.39, 0.29) is 30.6 Å². The van der Waals surface area contributed by atoms with Gasteiger partial charge in [-0.15, -0.1) is 0 Å². The average molecular weight is 403 g/mol. The Kier molecular flexibility index (Phi) is 7.29. The Bertz CT molecular complexity index is 705. The van der Waals surface area contributed by atoms with E-state index in [9.17, 15) is 14.7 Å². The third-order valence-corrected chi connectivity index (χ3v) is 6.19. The Morgan fingerprint density at radius 1 is 1.24 bits per heavy atom. The highest BCUT2D eigenvalue weighted by Gasteiger charge is 2.54. The minimum Gasteiger partial charge on any atom is -0.480 e. The Labute approximate surface area is 171 Å². The highest BCUT2D eigenvalue weighted by atomic mass is 16.4. The third-order valence-electron chi connectivity index (χ3n) is 6.19. The van der Waals surface area contributed by atoms with E-state index < -0.39 is 24.7 Å². The van der Waals surface area contributed by atoms with Gasteiger partial charge in [0.2, 0.25) is 5.91 Å². The number of aliphatic carboxylic acids is 1.